The molecule has 0 unspecified atom stereocenters. The summed E-state index contributed by atoms with van der Waals surface area (Å²) in [6, 6.07) is 7.88. The van der Waals surface area contributed by atoms with Crippen molar-refractivity contribution in [1.29, 1.82) is 0 Å². The Balaban J connectivity index is 2.17. The molecule has 0 spiro atoms. The molecule has 0 atom stereocenters. The molecule has 20 heavy (non-hydrogen) atoms. The van der Waals surface area contributed by atoms with Gasteiger partial charge in [-0.3, -0.25) is 4.79 Å². The molecule has 2 radical (unpaired) electrons. The zero-order chi connectivity index (χ0) is 14.7. The summed E-state index contributed by atoms with van der Waals surface area (Å²) in [4.78, 5) is 15.3. The highest BCUT2D eigenvalue weighted by atomic mass is 16.2. The molecule has 1 aromatic carbocycles. The predicted octanol–water partition coefficient (Wildman–Crippen LogP) is 2.27. The molecule has 4 heteroatoms. The van der Waals surface area contributed by atoms with E-state index in [9.17, 15) is 4.79 Å². The fourth-order valence-electron chi connectivity index (χ4n) is 2.41. The summed E-state index contributed by atoms with van der Waals surface area (Å²) in [7, 11) is 10.2. The van der Waals surface area contributed by atoms with Crippen LogP contribution in [0.1, 0.15) is 25.3 Å². The van der Waals surface area contributed by atoms with Crippen molar-refractivity contribution in [3.05, 3.63) is 35.4 Å². The van der Waals surface area contributed by atoms with Crippen LogP contribution >= 0.6 is 0 Å². The minimum Gasteiger partial charge on any atom is -0.316 e. The number of benzene rings is 1. The van der Waals surface area contributed by atoms with Gasteiger partial charge in [0.1, 0.15) is 7.85 Å². The second kappa shape index (κ2) is 6.27. The van der Waals surface area contributed by atoms with Crippen molar-refractivity contribution in [2.24, 2.45) is 0 Å². The van der Waals surface area contributed by atoms with E-state index < -0.39 is 0 Å². The third kappa shape index (κ3) is 3.31. The Hall–Kier alpha value is -1.55. The van der Waals surface area contributed by atoms with Gasteiger partial charge in [-0.05, 0) is 37.6 Å². The van der Waals surface area contributed by atoms with E-state index in [1.807, 2.05) is 24.3 Å². The maximum absolute atomic E-state index is 11.3. The van der Waals surface area contributed by atoms with Gasteiger partial charge in [-0.1, -0.05) is 23.2 Å². The van der Waals surface area contributed by atoms with Gasteiger partial charge in [-0.15, -0.1) is 0 Å². The molecule has 1 saturated heterocycles. The van der Waals surface area contributed by atoms with Crippen molar-refractivity contribution >= 4 is 24.9 Å². The van der Waals surface area contributed by atoms with Crippen molar-refractivity contribution in [2.45, 2.75) is 19.8 Å². The molecule has 1 fully saturated rings. The first-order valence-corrected chi connectivity index (χ1v) is 7.00. The second-order valence-electron chi connectivity index (χ2n) is 5.45. The average Bonchev–Trinajstić information content (AvgIpc) is 2.46. The molecule has 0 aliphatic carbocycles. The summed E-state index contributed by atoms with van der Waals surface area (Å²) < 4.78 is 0. The second-order valence-corrected chi connectivity index (χ2v) is 5.45. The number of rotatable bonds is 2. The first-order valence-electron chi connectivity index (χ1n) is 7.00. The lowest BCUT2D eigenvalue weighted by atomic mass is 9.81. The lowest BCUT2D eigenvalue weighted by Crippen LogP contribution is -2.26. The number of anilines is 1. The maximum Gasteiger partial charge on any atom is 0.223 e. The molecule has 1 aromatic rings. The number of hydrogen-bond donors (Lipinski definition) is 0. The van der Waals surface area contributed by atoms with Crippen molar-refractivity contribution in [3.8, 4) is 0 Å². The van der Waals surface area contributed by atoms with E-state index in [0.29, 0.717) is 0 Å². The van der Waals surface area contributed by atoms with E-state index in [0.717, 1.165) is 42.7 Å². The van der Waals surface area contributed by atoms with Crippen molar-refractivity contribution in [3.63, 3.8) is 0 Å². The summed E-state index contributed by atoms with van der Waals surface area (Å²) in [5.74, 6) is 0.0272. The minimum atomic E-state index is 0.0272. The minimum absolute atomic E-state index is 0.0272. The highest BCUT2D eigenvalue weighted by Crippen LogP contribution is 2.25. The lowest BCUT2D eigenvalue weighted by Gasteiger charge is -2.26. The SMILES string of the molecule is [B]C(=C1CCN(C)CC1)c1ccc(N(C)C(C)=O)cc1. The molecule has 2 rings (SSSR count). The highest BCUT2D eigenvalue weighted by Gasteiger charge is 2.13. The average molecular weight is 268 g/mol. The van der Waals surface area contributed by atoms with Crippen molar-refractivity contribution < 1.29 is 4.79 Å². The number of piperidine rings is 1. The number of likely N-dealkylation sites (tertiary alicyclic amines) is 1. The lowest BCUT2D eigenvalue weighted by molar-refractivity contribution is -0.116. The van der Waals surface area contributed by atoms with Crippen LogP contribution in [-0.4, -0.2) is 45.8 Å². The fraction of sp³-hybridized carbons (Fsp3) is 0.438. The fourth-order valence-corrected chi connectivity index (χ4v) is 2.41. The van der Waals surface area contributed by atoms with Crippen LogP contribution in [0.2, 0.25) is 0 Å². The van der Waals surface area contributed by atoms with Crippen LogP contribution in [0, 0.1) is 0 Å². The van der Waals surface area contributed by atoms with Crippen LogP contribution < -0.4 is 4.90 Å². The Kier molecular flexibility index (Phi) is 4.66. The zero-order valence-corrected chi connectivity index (χ0v) is 12.5. The van der Waals surface area contributed by atoms with Gasteiger partial charge in [0.25, 0.3) is 0 Å². The first kappa shape index (κ1) is 14.9. The van der Waals surface area contributed by atoms with Crippen LogP contribution in [0.4, 0.5) is 5.69 Å². The smallest absolute Gasteiger partial charge is 0.223 e. The van der Waals surface area contributed by atoms with E-state index >= 15 is 0 Å². The standard InChI is InChI=1S/C16H21BN2O/c1-12(20)19(3)15-6-4-13(5-7-15)16(17)14-8-10-18(2)11-9-14/h4-7H,8-11H2,1-3H3. The number of carbonyl (C=O) groups excluding carboxylic acids is 1. The van der Waals surface area contributed by atoms with E-state index in [-0.39, 0.29) is 5.91 Å². The molecular weight excluding hydrogens is 247 g/mol. The first-order chi connectivity index (χ1) is 9.49. The largest absolute Gasteiger partial charge is 0.316 e. The molecule has 1 aliphatic rings. The van der Waals surface area contributed by atoms with E-state index in [1.54, 1.807) is 18.9 Å². The Morgan fingerprint density at radius 3 is 2.25 bits per heavy atom. The molecular formula is C16H21BN2O. The molecule has 1 amide bonds. The number of carbonyl (C=O) groups is 1. The van der Waals surface area contributed by atoms with Crippen molar-refractivity contribution in [2.75, 3.05) is 32.1 Å². The van der Waals surface area contributed by atoms with Crippen LogP contribution in [0.15, 0.2) is 29.8 Å². The van der Waals surface area contributed by atoms with Gasteiger partial charge >= 0.3 is 0 Å². The molecule has 0 bridgehead atoms. The molecule has 1 aliphatic heterocycles. The maximum atomic E-state index is 11.3. The Labute approximate surface area is 122 Å². The quantitative estimate of drug-likeness (QED) is 0.768. The monoisotopic (exact) mass is 268 g/mol. The Morgan fingerprint density at radius 1 is 1.20 bits per heavy atom. The third-order valence-corrected chi connectivity index (χ3v) is 4.01. The third-order valence-electron chi connectivity index (χ3n) is 4.01. The summed E-state index contributed by atoms with van der Waals surface area (Å²) in [6.45, 7) is 3.70. The zero-order valence-electron chi connectivity index (χ0n) is 12.5. The van der Waals surface area contributed by atoms with Gasteiger partial charge < -0.3 is 9.80 Å². The van der Waals surface area contributed by atoms with Gasteiger partial charge in [0.2, 0.25) is 5.91 Å². The predicted molar refractivity (Wildman–Crippen MR) is 84.9 cm³/mol. The normalized spacial score (nSPS) is 16.1. The van der Waals surface area contributed by atoms with Crippen LogP contribution in [0.25, 0.3) is 5.47 Å². The van der Waals surface area contributed by atoms with Gasteiger partial charge in [0.15, 0.2) is 0 Å². The summed E-state index contributed by atoms with van der Waals surface area (Å²) in [5.41, 5.74) is 4.18. The molecule has 0 aromatic heterocycles. The van der Waals surface area contributed by atoms with E-state index in [4.69, 9.17) is 7.85 Å². The van der Waals surface area contributed by atoms with Gasteiger partial charge in [-0.2, -0.15) is 0 Å². The molecule has 104 valence electrons. The molecule has 1 heterocycles. The van der Waals surface area contributed by atoms with Crippen molar-refractivity contribution in [1.82, 2.24) is 4.90 Å². The number of hydrogen-bond acceptors (Lipinski definition) is 2. The number of amides is 1. The molecule has 0 N–H and O–H groups in total. The number of nitrogens with zero attached hydrogens (tertiary/aromatic N) is 2. The van der Waals surface area contributed by atoms with E-state index in [2.05, 4.69) is 11.9 Å². The summed E-state index contributed by atoms with van der Waals surface area (Å²) >= 11 is 0. The Bertz CT molecular complexity index is 512. The summed E-state index contributed by atoms with van der Waals surface area (Å²) in [5, 5.41) is 0. The highest BCUT2D eigenvalue weighted by molar-refractivity contribution is 6.42. The van der Waals surface area contributed by atoms with Crippen LogP contribution in [-0.2, 0) is 4.79 Å². The van der Waals surface area contributed by atoms with Crippen LogP contribution in [0.5, 0.6) is 0 Å². The molecule has 3 nitrogen and oxygen atoms in total. The molecule has 0 saturated carbocycles. The van der Waals surface area contributed by atoms with Gasteiger partial charge in [0, 0.05) is 32.7 Å². The van der Waals surface area contributed by atoms with Gasteiger partial charge in [-0.25, -0.2) is 0 Å². The topological polar surface area (TPSA) is 23.6 Å². The Morgan fingerprint density at radius 2 is 1.75 bits per heavy atom. The van der Waals surface area contributed by atoms with E-state index in [1.165, 1.54) is 5.57 Å². The summed E-state index contributed by atoms with van der Waals surface area (Å²) in [6.07, 6.45) is 2.08. The van der Waals surface area contributed by atoms with Gasteiger partial charge in [0.05, 0.1) is 0 Å². The van der Waals surface area contributed by atoms with Crippen LogP contribution in [0.3, 0.4) is 0 Å².